The van der Waals surface area contributed by atoms with Gasteiger partial charge in [0.15, 0.2) is 0 Å². The molecule has 2 N–H and O–H groups in total. The number of amides is 1. The van der Waals surface area contributed by atoms with Crippen molar-refractivity contribution in [2.75, 3.05) is 17.1 Å². The van der Waals surface area contributed by atoms with E-state index in [2.05, 4.69) is 14.8 Å². The van der Waals surface area contributed by atoms with E-state index >= 15 is 0 Å². The largest absolute Gasteiger partial charge is 0.469 e. The molecule has 7 nitrogen and oxygen atoms in total. The van der Waals surface area contributed by atoms with Crippen molar-refractivity contribution in [3.63, 3.8) is 0 Å². The van der Waals surface area contributed by atoms with Crippen molar-refractivity contribution in [1.82, 2.24) is 0 Å². The highest BCUT2D eigenvalue weighted by molar-refractivity contribution is 7.92. The summed E-state index contributed by atoms with van der Waals surface area (Å²) in [6.07, 6.45) is 0.0824. The highest BCUT2D eigenvalue weighted by Crippen LogP contribution is 2.18. The zero-order chi connectivity index (χ0) is 21.6. The van der Waals surface area contributed by atoms with Crippen molar-refractivity contribution in [3.05, 3.63) is 90.0 Å². The Bertz CT molecular complexity index is 1160. The fraction of sp³-hybridized carbons (Fsp3) is 0.0909. The summed E-state index contributed by atoms with van der Waals surface area (Å²) in [5, 5.41) is 2.71. The molecular formula is C22H20N2O5S. The minimum Gasteiger partial charge on any atom is -0.469 e. The van der Waals surface area contributed by atoms with E-state index < -0.39 is 15.9 Å². The van der Waals surface area contributed by atoms with Gasteiger partial charge in [-0.05, 0) is 48.0 Å². The standard InChI is InChI=1S/C22H20N2O5S/c1-29-21(25)14-16-7-5-11-19(13-16)23-22(26)17-8-6-12-20(15-17)30(27,28)24-18-9-3-2-4-10-18/h2-13,15,24H,14H2,1H3,(H,23,26). The van der Waals surface area contributed by atoms with Gasteiger partial charge < -0.3 is 10.1 Å². The summed E-state index contributed by atoms with van der Waals surface area (Å²) < 4.78 is 32.4. The number of ether oxygens (including phenoxy) is 1. The number of carbonyl (C=O) groups is 2. The number of hydrogen-bond donors (Lipinski definition) is 2. The number of sulfonamides is 1. The molecule has 3 aromatic carbocycles. The Morgan fingerprint density at radius 2 is 1.57 bits per heavy atom. The SMILES string of the molecule is COC(=O)Cc1cccc(NC(=O)c2cccc(S(=O)(=O)Nc3ccccc3)c2)c1. The molecule has 0 aliphatic carbocycles. The summed E-state index contributed by atoms with van der Waals surface area (Å²) >= 11 is 0. The lowest BCUT2D eigenvalue weighted by Gasteiger charge is -2.10. The van der Waals surface area contributed by atoms with Gasteiger partial charge in [-0.1, -0.05) is 36.4 Å². The van der Waals surface area contributed by atoms with Crippen LogP contribution in [0.4, 0.5) is 11.4 Å². The number of carbonyl (C=O) groups excluding carboxylic acids is 2. The molecule has 0 spiro atoms. The molecule has 30 heavy (non-hydrogen) atoms. The number of hydrogen-bond acceptors (Lipinski definition) is 5. The number of esters is 1. The predicted molar refractivity (Wildman–Crippen MR) is 114 cm³/mol. The number of methoxy groups -OCH3 is 1. The molecule has 0 aromatic heterocycles. The molecule has 0 atom stereocenters. The third-order valence-electron chi connectivity index (χ3n) is 4.19. The van der Waals surface area contributed by atoms with Crippen molar-refractivity contribution in [2.45, 2.75) is 11.3 Å². The summed E-state index contributed by atoms with van der Waals surface area (Å²) in [5.74, 6) is -0.857. The van der Waals surface area contributed by atoms with Gasteiger partial charge in [0.25, 0.3) is 15.9 Å². The molecular weight excluding hydrogens is 404 g/mol. The molecule has 0 radical (unpaired) electrons. The van der Waals surface area contributed by atoms with Crippen LogP contribution in [-0.4, -0.2) is 27.4 Å². The van der Waals surface area contributed by atoms with Crippen LogP contribution >= 0.6 is 0 Å². The first-order valence-corrected chi connectivity index (χ1v) is 10.5. The van der Waals surface area contributed by atoms with Gasteiger partial charge in [-0.3, -0.25) is 14.3 Å². The van der Waals surface area contributed by atoms with Crippen LogP contribution in [0.3, 0.4) is 0 Å². The first-order chi connectivity index (χ1) is 14.4. The summed E-state index contributed by atoms with van der Waals surface area (Å²) in [7, 11) is -2.54. The molecule has 3 aromatic rings. The molecule has 8 heteroatoms. The van der Waals surface area contributed by atoms with Crippen LogP contribution in [0.2, 0.25) is 0 Å². The molecule has 0 unspecified atom stereocenters. The van der Waals surface area contributed by atoms with Crippen LogP contribution in [0.5, 0.6) is 0 Å². The van der Waals surface area contributed by atoms with E-state index in [-0.39, 0.29) is 22.8 Å². The monoisotopic (exact) mass is 424 g/mol. The summed E-state index contributed by atoms with van der Waals surface area (Å²) in [6, 6.07) is 21.0. The number of benzene rings is 3. The van der Waals surface area contributed by atoms with Crippen LogP contribution in [0, 0.1) is 0 Å². The van der Waals surface area contributed by atoms with Gasteiger partial charge in [-0.25, -0.2) is 8.42 Å². The Balaban J connectivity index is 1.76. The zero-order valence-electron chi connectivity index (χ0n) is 16.2. The van der Waals surface area contributed by atoms with Crippen LogP contribution in [0.1, 0.15) is 15.9 Å². The maximum absolute atomic E-state index is 12.6. The Hall–Kier alpha value is -3.65. The highest BCUT2D eigenvalue weighted by Gasteiger charge is 2.17. The summed E-state index contributed by atoms with van der Waals surface area (Å²) in [4.78, 5) is 24.0. The normalized spacial score (nSPS) is 10.8. The number of rotatable bonds is 7. The van der Waals surface area contributed by atoms with E-state index in [1.165, 1.54) is 31.4 Å². The molecule has 0 saturated carbocycles. The van der Waals surface area contributed by atoms with E-state index in [1.807, 2.05) is 0 Å². The van der Waals surface area contributed by atoms with Crippen LogP contribution in [0.15, 0.2) is 83.8 Å². The summed E-state index contributed by atoms with van der Waals surface area (Å²) in [6.45, 7) is 0. The van der Waals surface area contributed by atoms with Gasteiger partial charge in [0.1, 0.15) is 0 Å². The topological polar surface area (TPSA) is 102 Å². The molecule has 0 fully saturated rings. The smallest absolute Gasteiger partial charge is 0.309 e. The fourth-order valence-electron chi connectivity index (χ4n) is 2.73. The number of para-hydroxylation sites is 1. The minimum absolute atomic E-state index is 0.0292. The Kier molecular flexibility index (Phi) is 6.48. The first-order valence-electron chi connectivity index (χ1n) is 9.02. The van der Waals surface area contributed by atoms with Crippen LogP contribution in [0.25, 0.3) is 0 Å². The lowest BCUT2D eigenvalue weighted by molar-refractivity contribution is -0.139. The third kappa shape index (κ3) is 5.45. The highest BCUT2D eigenvalue weighted by atomic mass is 32.2. The summed E-state index contributed by atoms with van der Waals surface area (Å²) in [5.41, 5.74) is 1.78. The van der Waals surface area contributed by atoms with E-state index in [0.717, 1.165) is 0 Å². The molecule has 0 bridgehead atoms. The molecule has 1 amide bonds. The second-order valence-corrected chi connectivity index (χ2v) is 8.09. The average molecular weight is 424 g/mol. The van der Waals surface area contributed by atoms with E-state index in [1.54, 1.807) is 54.6 Å². The lowest BCUT2D eigenvalue weighted by atomic mass is 10.1. The van der Waals surface area contributed by atoms with E-state index in [4.69, 9.17) is 0 Å². The van der Waals surface area contributed by atoms with Gasteiger partial charge in [-0.15, -0.1) is 0 Å². The lowest BCUT2D eigenvalue weighted by Crippen LogP contribution is -2.16. The molecule has 0 heterocycles. The van der Waals surface area contributed by atoms with Crippen molar-refractivity contribution in [3.8, 4) is 0 Å². The van der Waals surface area contributed by atoms with Gasteiger partial charge in [0, 0.05) is 16.9 Å². The molecule has 0 saturated heterocycles. The van der Waals surface area contributed by atoms with E-state index in [9.17, 15) is 18.0 Å². The van der Waals surface area contributed by atoms with Crippen molar-refractivity contribution in [1.29, 1.82) is 0 Å². The second-order valence-electron chi connectivity index (χ2n) is 6.41. The Morgan fingerprint density at radius 3 is 2.30 bits per heavy atom. The van der Waals surface area contributed by atoms with Crippen molar-refractivity contribution < 1.29 is 22.7 Å². The Morgan fingerprint density at radius 1 is 0.867 bits per heavy atom. The average Bonchev–Trinajstić information content (AvgIpc) is 2.74. The van der Waals surface area contributed by atoms with Crippen molar-refractivity contribution in [2.24, 2.45) is 0 Å². The number of nitrogens with one attached hydrogen (secondary N) is 2. The van der Waals surface area contributed by atoms with Crippen molar-refractivity contribution >= 4 is 33.3 Å². The molecule has 0 aliphatic rings. The van der Waals surface area contributed by atoms with Gasteiger partial charge in [0.05, 0.1) is 18.4 Å². The van der Waals surface area contributed by atoms with Gasteiger partial charge in [-0.2, -0.15) is 0 Å². The van der Waals surface area contributed by atoms with Gasteiger partial charge in [0.2, 0.25) is 0 Å². The van der Waals surface area contributed by atoms with Crippen LogP contribution < -0.4 is 10.0 Å². The van der Waals surface area contributed by atoms with E-state index in [0.29, 0.717) is 16.9 Å². The maximum Gasteiger partial charge on any atom is 0.309 e. The molecule has 154 valence electrons. The first kappa shape index (κ1) is 21.1. The Labute approximate surface area is 174 Å². The molecule has 0 aliphatic heterocycles. The van der Waals surface area contributed by atoms with Gasteiger partial charge >= 0.3 is 5.97 Å². The second kappa shape index (κ2) is 9.23. The predicted octanol–water partition coefficient (Wildman–Crippen LogP) is 3.46. The third-order valence-corrected chi connectivity index (χ3v) is 5.57. The van der Waals surface area contributed by atoms with Crippen LogP contribution in [-0.2, 0) is 26.0 Å². The number of anilines is 2. The molecule has 3 rings (SSSR count). The quantitative estimate of drug-likeness (QED) is 0.566. The maximum atomic E-state index is 12.6. The zero-order valence-corrected chi connectivity index (χ0v) is 17.0. The minimum atomic E-state index is -3.85. The fourth-order valence-corrected chi connectivity index (χ4v) is 3.83.